The van der Waals surface area contributed by atoms with Crippen LogP contribution in [0.1, 0.15) is 206 Å². The van der Waals surface area contributed by atoms with E-state index in [9.17, 15) is 9.90 Å². The maximum absolute atomic E-state index is 12.2. The van der Waals surface area contributed by atoms with Gasteiger partial charge in [0.2, 0.25) is 0 Å². The average Bonchev–Trinajstić information content (AvgIpc) is 3.19. The molecule has 0 fully saturated rings. The van der Waals surface area contributed by atoms with Crippen LogP contribution >= 0.6 is 0 Å². The maximum Gasteiger partial charge on any atom is 0.306 e. The van der Waals surface area contributed by atoms with Crippen LogP contribution in [0.4, 0.5) is 0 Å². The van der Waals surface area contributed by atoms with Crippen molar-refractivity contribution in [3.63, 3.8) is 0 Å². The van der Waals surface area contributed by atoms with Gasteiger partial charge in [0, 0.05) is 13.0 Å². The Labute approximate surface area is 341 Å². The zero-order valence-corrected chi connectivity index (χ0v) is 36.2. The molecule has 0 aromatic rings. The number of ether oxygens (including phenoxy) is 2. The van der Waals surface area contributed by atoms with Gasteiger partial charge < -0.3 is 14.6 Å². The highest BCUT2D eigenvalue weighted by atomic mass is 16.6. The SMILES string of the molecule is CC/C=C\C/C=C\C/C=C\C/C=C\C/C=C\CCCCCCCCOCC(CO)OC(=O)CCCCCCCCCCC/C=C\C/C=C\CCCCCCC. The topological polar surface area (TPSA) is 55.8 Å². The van der Waals surface area contributed by atoms with Crippen LogP contribution in [0.25, 0.3) is 0 Å². The molecule has 4 nitrogen and oxygen atoms in total. The Hall–Kier alpha value is -2.43. The lowest BCUT2D eigenvalue weighted by Gasteiger charge is -2.15. The minimum atomic E-state index is -0.550. The molecule has 0 spiro atoms. The molecule has 4 heteroatoms. The van der Waals surface area contributed by atoms with Crippen LogP contribution in [0.15, 0.2) is 85.1 Å². The summed E-state index contributed by atoms with van der Waals surface area (Å²) in [4.78, 5) is 12.2. The molecule has 55 heavy (non-hydrogen) atoms. The van der Waals surface area contributed by atoms with Gasteiger partial charge >= 0.3 is 5.97 Å². The number of unbranched alkanes of at least 4 members (excludes halogenated alkanes) is 20. The number of carbonyl (C=O) groups excluding carboxylic acids is 1. The molecule has 0 aromatic heterocycles. The van der Waals surface area contributed by atoms with Crippen molar-refractivity contribution < 1.29 is 19.4 Å². The van der Waals surface area contributed by atoms with E-state index in [2.05, 4.69) is 98.9 Å². The van der Waals surface area contributed by atoms with Crippen LogP contribution in [-0.2, 0) is 14.3 Å². The lowest BCUT2D eigenvalue weighted by Crippen LogP contribution is -2.27. The van der Waals surface area contributed by atoms with Gasteiger partial charge in [0.25, 0.3) is 0 Å². The Kier molecular flexibility index (Phi) is 45.6. The molecule has 0 aromatic carbocycles. The number of aliphatic hydroxyl groups excluding tert-OH is 1. The van der Waals surface area contributed by atoms with Gasteiger partial charge in [-0.15, -0.1) is 0 Å². The molecule has 0 amide bonds. The molecule has 1 unspecified atom stereocenters. The highest BCUT2D eigenvalue weighted by Gasteiger charge is 2.13. The second-order valence-electron chi connectivity index (χ2n) is 15.1. The van der Waals surface area contributed by atoms with Crippen LogP contribution in [0.3, 0.4) is 0 Å². The first-order valence-corrected chi connectivity index (χ1v) is 23.2. The minimum Gasteiger partial charge on any atom is -0.457 e. The number of hydrogen-bond donors (Lipinski definition) is 1. The molecular weight excluding hydrogens is 677 g/mol. The fourth-order valence-corrected chi connectivity index (χ4v) is 6.27. The first kappa shape index (κ1) is 52.6. The summed E-state index contributed by atoms with van der Waals surface area (Å²) in [7, 11) is 0. The van der Waals surface area contributed by atoms with Crippen LogP contribution < -0.4 is 0 Å². The lowest BCUT2D eigenvalue weighted by atomic mass is 10.1. The van der Waals surface area contributed by atoms with Gasteiger partial charge in [-0.05, 0) is 89.9 Å². The Morgan fingerprint density at radius 3 is 1.24 bits per heavy atom. The van der Waals surface area contributed by atoms with Gasteiger partial charge in [-0.25, -0.2) is 0 Å². The average molecular weight is 765 g/mol. The Morgan fingerprint density at radius 1 is 0.455 bits per heavy atom. The highest BCUT2D eigenvalue weighted by Crippen LogP contribution is 2.13. The number of esters is 1. The van der Waals surface area contributed by atoms with Crippen molar-refractivity contribution >= 4 is 5.97 Å². The lowest BCUT2D eigenvalue weighted by molar-refractivity contribution is -0.154. The van der Waals surface area contributed by atoms with Crippen molar-refractivity contribution in [1.82, 2.24) is 0 Å². The van der Waals surface area contributed by atoms with Crippen molar-refractivity contribution in [3.05, 3.63) is 85.1 Å². The highest BCUT2D eigenvalue weighted by molar-refractivity contribution is 5.69. The van der Waals surface area contributed by atoms with E-state index >= 15 is 0 Å². The normalized spacial score (nSPS) is 13.1. The number of carbonyl (C=O) groups is 1. The van der Waals surface area contributed by atoms with E-state index in [-0.39, 0.29) is 19.2 Å². The zero-order chi connectivity index (χ0) is 39.8. The Balaban J connectivity index is 3.50. The summed E-state index contributed by atoms with van der Waals surface area (Å²) in [6.45, 7) is 5.19. The molecule has 0 saturated heterocycles. The second kappa shape index (κ2) is 47.7. The van der Waals surface area contributed by atoms with Crippen LogP contribution in [0, 0.1) is 0 Å². The van der Waals surface area contributed by atoms with E-state index in [0.717, 1.165) is 70.6 Å². The number of allylic oxidation sites excluding steroid dienone is 14. The van der Waals surface area contributed by atoms with Gasteiger partial charge in [0.05, 0.1) is 13.2 Å². The van der Waals surface area contributed by atoms with E-state index in [4.69, 9.17) is 9.47 Å². The summed E-state index contributed by atoms with van der Waals surface area (Å²) >= 11 is 0. The molecular formula is C51H88O4. The molecule has 0 bridgehead atoms. The van der Waals surface area contributed by atoms with Crippen molar-refractivity contribution in [1.29, 1.82) is 0 Å². The largest absolute Gasteiger partial charge is 0.457 e. The van der Waals surface area contributed by atoms with Gasteiger partial charge in [-0.1, -0.05) is 195 Å². The molecule has 0 aliphatic carbocycles. The molecule has 0 radical (unpaired) electrons. The fraction of sp³-hybridized carbons (Fsp3) is 0.706. The molecule has 0 aliphatic rings. The van der Waals surface area contributed by atoms with Crippen LogP contribution in [0.2, 0.25) is 0 Å². The standard InChI is InChI=1S/C51H88O4/c1-3-5-7-9-11-13-15-17-19-21-23-25-27-29-31-33-35-37-39-41-43-45-47-54-49-50(48-52)55-51(53)46-44-42-40-38-36-34-32-30-28-26-24-22-20-18-16-14-12-10-8-6-4-2/h5,7,11,13,16-19,22-25,29,31,50,52H,3-4,6,8-10,12,14-15,20-21,26-28,30,32-49H2,1-2H3/b7-5-,13-11-,18-16-,19-17-,24-22-,25-23-,31-29-. The van der Waals surface area contributed by atoms with Crippen molar-refractivity contribution in [2.45, 2.75) is 213 Å². The van der Waals surface area contributed by atoms with E-state index in [1.165, 1.54) is 116 Å². The summed E-state index contributed by atoms with van der Waals surface area (Å²) in [5, 5.41) is 9.63. The van der Waals surface area contributed by atoms with Crippen molar-refractivity contribution in [2.75, 3.05) is 19.8 Å². The number of aliphatic hydroxyl groups is 1. The third kappa shape index (κ3) is 45.9. The van der Waals surface area contributed by atoms with Crippen LogP contribution in [-0.4, -0.2) is 37.0 Å². The van der Waals surface area contributed by atoms with Gasteiger partial charge in [-0.2, -0.15) is 0 Å². The third-order valence-electron chi connectivity index (χ3n) is 9.70. The monoisotopic (exact) mass is 765 g/mol. The maximum atomic E-state index is 12.2. The third-order valence-corrected chi connectivity index (χ3v) is 9.70. The summed E-state index contributed by atoms with van der Waals surface area (Å²) in [6.07, 6.45) is 66.5. The smallest absolute Gasteiger partial charge is 0.306 e. The zero-order valence-electron chi connectivity index (χ0n) is 36.2. The first-order valence-electron chi connectivity index (χ1n) is 23.2. The van der Waals surface area contributed by atoms with Gasteiger partial charge in [0.1, 0.15) is 6.10 Å². The summed E-state index contributed by atoms with van der Waals surface area (Å²) < 4.78 is 11.2. The predicted octanol–water partition coefficient (Wildman–Crippen LogP) is 15.5. The van der Waals surface area contributed by atoms with Crippen LogP contribution in [0.5, 0.6) is 0 Å². The van der Waals surface area contributed by atoms with E-state index in [1.807, 2.05) is 0 Å². The summed E-state index contributed by atoms with van der Waals surface area (Å²) in [6, 6.07) is 0. The molecule has 0 aliphatic heterocycles. The quantitative estimate of drug-likeness (QED) is 0.0382. The molecule has 316 valence electrons. The van der Waals surface area contributed by atoms with E-state index < -0.39 is 6.10 Å². The number of rotatable bonds is 42. The molecule has 1 atom stereocenters. The van der Waals surface area contributed by atoms with E-state index in [1.54, 1.807) is 0 Å². The predicted molar refractivity (Wildman–Crippen MR) is 242 cm³/mol. The fourth-order valence-electron chi connectivity index (χ4n) is 6.27. The molecule has 0 saturated carbocycles. The van der Waals surface area contributed by atoms with Crippen molar-refractivity contribution in [3.8, 4) is 0 Å². The summed E-state index contributed by atoms with van der Waals surface area (Å²) in [5.41, 5.74) is 0. The van der Waals surface area contributed by atoms with Gasteiger partial charge in [-0.3, -0.25) is 4.79 Å². The molecule has 0 heterocycles. The number of hydrogen-bond acceptors (Lipinski definition) is 4. The molecule has 1 N–H and O–H groups in total. The van der Waals surface area contributed by atoms with Gasteiger partial charge in [0.15, 0.2) is 0 Å². The second-order valence-corrected chi connectivity index (χ2v) is 15.1. The minimum absolute atomic E-state index is 0.184. The summed E-state index contributed by atoms with van der Waals surface area (Å²) in [5.74, 6) is -0.213. The Bertz CT molecular complexity index is 985. The first-order chi connectivity index (χ1) is 27.2. The van der Waals surface area contributed by atoms with E-state index in [0.29, 0.717) is 13.0 Å². The molecule has 0 rings (SSSR count). The van der Waals surface area contributed by atoms with Crippen molar-refractivity contribution in [2.24, 2.45) is 0 Å². The Morgan fingerprint density at radius 2 is 0.818 bits per heavy atom.